The van der Waals surface area contributed by atoms with Crippen molar-refractivity contribution in [2.45, 2.75) is 31.6 Å². The fourth-order valence-corrected chi connectivity index (χ4v) is 4.63. The van der Waals surface area contributed by atoms with Gasteiger partial charge in [-0.1, -0.05) is 41.4 Å². The number of carbonyl (C=O) groups is 1. The molecule has 2 aromatic carbocycles. The predicted molar refractivity (Wildman–Crippen MR) is 118 cm³/mol. The standard InChI is InChI=1S/C24H20Cl2N2O2/c1-13-18(12-27)23(15-5-8-19(25)20(26)9-15)24-21(28-13)10-16(11-22(24)29)14-3-6-17(30-2)7-4-14/h3-9,16,23,28H,10-11H2,1-2H3/t16-,23+/m1/s1. The van der Waals surface area contributed by atoms with Crippen molar-refractivity contribution in [1.29, 1.82) is 5.26 Å². The summed E-state index contributed by atoms with van der Waals surface area (Å²) in [5, 5.41) is 14.0. The third-order valence-corrected chi connectivity index (χ3v) is 6.55. The number of carbonyl (C=O) groups excluding carboxylic acids is 1. The number of nitrogens with zero attached hydrogens (tertiary/aromatic N) is 1. The Morgan fingerprint density at radius 3 is 2.40 bits per heavy atom. The van der Waals surface area contributed by atoms with Crippen molar-refractivity contribution in [2.24, 2.45) is 0 Å². The average Bonchev–Trinajstić information content (AvgIpc) is 2.74. The minimum absolute atomic E-state index is 0.0425. The molecular weight excluding hydrogens is 419 g/mol. The summed E-state index contributed by atoms with van der Waals surface area (Å²) in [5.41, 5.74) is 4.71. The highest BCUT2D eigenvalue weighted by atomic mass is 35.5. The lowest BCUT2D eigenvalue weighted by molar-refractivity contribution is -0.116. The van der Waals surface area contributed by atoms with E-state index in [0.717, 1.165) is 28.3 Å². The van der Waals surface area contributed by atoms with Gasteiger partial charge in [-0.05, 0) is 54.7 Å². The molecule has 0 bridgehead atoms. The second kappa shape index (κ2) is 8.18. The second-order valence-electron chi connectivity index (χ2n) is 7.58. The van der Waals surface area contributed by atoms with Crippen LogP contribution in [0.5, 0.6) is 5.75 Å². The van der Waals surface area contributed by atoms with Crippen molar-refractivity contribution in [3.8, 4) is 11.8 Å². The van der Waals surface area contributed by atoms with Gasteiger partial charge in [0.2, 0.25) is 0 Å². The molecule has 4 nitrogen and oxygen atoms in total. The average molecular weight is 439 g/mol. The van der Waals surface area contributed by atoms with Gasteiger partial charge in [-0.25, -0.2) is 0 Å². The number of methoxy groups -OCH3 is 1. The largest absolute Gasteiger partial charge is 0.497 e. The molecule has 4 rings (SSSR count). The number of hydrogen-bond donors (Lipinski definition) is 1. The van der Waals surface area contributed by atoms with Gasteiger partial charge in [0, 0.05) is 23.4 Å². The normalized spacial score (nSPS) is 21.1. The molecule has 30 heavy (non-hydrogen) atoms. The van der Waals surface area contributed by atoms with E-state index in [1.54, 1.807) is 19.2 Å². The van der Waals surface area contributed by atoms with Crippen LogP contribution in [0, 0.1) is 11.3 Å². The molecule has 1 aliphatic carbocycles. The predicted octanol–water partition coefficient (Wildman–Crippen LogP) is 5.89. The molecule has 2 aliphatic rings. The first-order valence-corrected chi connectivity index (χ1v) is 10.4. The number of halogens is 2. The number of rotatable bonds is 3. The van der Waals surface area contributed by atoms with Gasteiger partial charge < -0.3 is 10.1 Å². The number of Topliss-reactive ketones (excluding diaryl/α,β-unsaturated/α-hetero) is 1. The third-order valence-electron chi connectivity index (χ3n) is 5.81. The van der Waals surface area contributed by atoms with Gasteiger partial charge in [-0.15, -0.1) is 0 Å². The van der Waals surface area contributed by atoms with Crippen LogP contribution in [-0.2, 0) is 4.79 Å². The van der Waals surface area contributed by atoms with Crippen LogP contribution in [0.3, 0.4) is 0 Å². The van der Waals surface area contributed by atoms with Gasteiger partial charge in [-0.2, -0.15) is 5.26 Å². The van der Waals surface area contributed by atoms with Crippen molar-refractivity contribution >= 4 is 29.0 Å². The van der Waals surface area contributed by atoms with E-state index in [4.69, 9.17) is 27.9 Å². The van der Waals surface area contributed by atoms with Gasteiger partial charge in [0.25, 0.3) is 0 Å². The van der Waals surface area contributed by atoms with Gasteiger partial charge in [0.15, 0.2) is 5.78 Å². The zero-order valence-electron chi connectivity index (χ0n) is 16.6. The molecule has 2 aromatic rings. The first kappa shape index (κ1) is 20.5. The van der Waals surface area contributed by atoms with Crippen molar-refractivity contribution in [3.05, 3.63) is 86.2 Å². The first-order valence-electron chi connectivity index (χ1n) is 9.66. The van der Waals surface area contributed by atoms with Gasteiger partial charge in [0.1, 0.15) is 5.75 Å². The smallest absolute Gasteiger partial charge is 0.162 e. The molecule has 0 radical (unpaired) electrons. The van der Waals surface area contributed by atoms with Crippen molar-refractivity contribution < 1.29 is 9.53 Å². The van der Waals surface area contributed by atoms with Gasteiger partial charge >= 0.3 is 0 Å². The van der Waals surface area contributed by atoms with Crippen molar-refractivity contribution in [2.75, 3.05) is 7.11 Å². The van der Waals surface area contributed by atoms with Crippen LogP contribution < -0.4 is 10.1 Å². The minimum atomic E-state index is -0.440. The fourth-order valence-electron chi connectivity index (χ4n) is 4.32. The van der Waals surface area contributed by atoms with Crippen LogP contribution in [0.2, 0.25) is 10.0 Å². The van der Waals surface area contributed by atoms with Crippen LogP contribution in [0.4, 0.5) is 0 Å². The number of nitriles is 1. The number of ether oxygens (including phenoxy) is 1. The van der Waals surface area contributed by atoms with Crippen LogP contribution in [0.15, 0.2) is 65.0 Å². The van der Waals surface area contributed by atoms with Crippen LogP contribution in [0.25, 0.3) is 0 Å². The number of dihydropyridines is 1. The summed E-state index contributed by atoms with van der Waals surface area (Å²) < 4.78 is 5.24. The lowest BCUT2D eigenvalue weighted by atomic mass is 9.72. The van der Waals surface area contributed by atoms with E-state index in [0.29, 0.717) is 34.0 Å². The third kappa shape index (κ3) is 3.60. The van der Waals surface area contributed by atoms with Crippen LogP contribution in [-0.4, -0.2) is 12.9 Å². The van der Waals surface area contributed by atoms with E-state index in [1.807, 2.05) is 37.3 Å². The van der Waals surface area contributed by atoms with Gasteiger partial charge in [0.05, 0.1) is 34.7 Å². The minimum Gasteiger partial charge on any atom is -0.497 e. The molecule has 1 heterocycles. The Labute approximate surface area is 185 Å². The van der Waals surface area contributed by atoms with Crippen molar-refractivity contribution in [3.63, 3.8) is 0 Å². The molecule has 6 heteroatoms. The summed E-state index contributed by atoms with van der Waals surface area (Å²) in [4.78, 5) is 13.3. The van der Waals surface area contributed by atoms with Crippen LogP contribution >= 0.6 is 23.2 Å². The molecule has 0 spiro atoms. The summed E-state index contributed by atoms with van der Waals surface area (Å²) >= 11 is 12.3. The summed E-state index contributed by atoms with van der Waals surface area (Å²) in [5.74, 6) is 0.459. The van der Waals surface area contributed by atoms with E-state index in [1.165, 1.54) is 0 Å². The van der Waals surface area contributed by atoms with E-state index >= 15 is 0 Å². The quantitative estimate of drug-likeness (QED) is 0.648. The summed E-state index contributed by atoms with van der Waals surface area (Å²) in [6, 6.07) is 15.4. The first-order chi connectivity index (χ1) is 14.4. The highest BCUT2D eigenvalue weighted by Crippen LogP contribution is 2.46. The number of ketones is 1. The van der Waals surface area contributed by atoms with Crippen LogP contribution in [0.1, 0.15) is 42.7 Å². The zero-order chi connectivity index (χ0) is 21.4. The van der Waals surface area contributed by atoms with E-state index in [2.05, 4.69) is 11.4 Å². The molecule has 1 N–H and O–H groups in total. The zero-order valence-corrected chi connectivity index (χ0v) is 18.1. The topological polar surface area (TPSA) is 62.1 Å². The SMILES string of the molecule is COc1ccc([C@H]2CC(=O)C3=C(C2)NC(C)=C(C#N)[C@@H]3c2ccc(Cl)c(Cl)c2)cc1. The molecule has 0 aromatic heterocycles. The number of benzene rings is 2. The maximum absolute atomic E-state index is 13.3. The van der Waals surface area contributed by atoms with E-state index < -0.39 is 5.92 Å². The van der Waals surface area contributed by atoms with Gasteiger partial charge in [-0.3, -0.25) is 4.79 Å². The molecule has 1 aliphatic heterocycles. The van der Waals surface area contributed by atoms with E-state index in [-0.39, 0.29) is 11.7 Å². The molecule has 0 amide bonds. The Balaban J connectivity index is 1.76. The Bertz CT molecular complexity index is 1130. The van der Waals surface area contributed by atoms with E-state index in [9.17, 15) is 10.1 Å². The fraction of sp³-hybridized carbons (Fsp3) is 0.250. The Hall–Kier alpha value is -2.74. The maximum Gasteiger partial charge on any atom is 0.162 e. The highest BCUT2D eigenvalue weighted by Gasteiger charge is 2.39. The monoisotopic (exact) mass is 438 g/mol. The summed E-state index contributed by atoms with van der Waals surface area (Å²) in [6.45, 7) is 1.87. The summed E-state index contributed by atoms with van der Waals surface area (Å²) in [7, 11) is 1.63. The second-order valence-corrected chi connectivity index (χ2v) is 8.39. The Kier molecular flexibility index (Phi) is 5.60. The Morgan fingerprint density at radius 1 is 1.07 bits per heavy atom. The Morgan fingerprint density at radius 2 is 1.77 bits per heavy atom. The molecule has 0 fully saturated rings. The lowest BCUT2D eigenvalue weighted by Crippen LogP contribution is -2.33. The lowest BCUT2D eigenvalue weighted by Gasteiger charge is -2.35. The molecule has 152 valence electrons. The molecule has 2 atom stereocenters. The molecule has 0 saturated carbocycles. The number of allylic oxidation sites excluding steroid dienone is 4. The summed E-state index contributed by atoms with van der Waals surface area (Å²) in [6.07, 6.45) is 1.09. The highest BCUT2D eigenvalue weighted by molar-refractivity contribution is 6.42. The number of hydrogen-bond acceptors (Lipinski definition) is 4. The molecule has 0 saturated heterocycles. The number of nitrogens with one attached hydrogen (secondary N) is 1. The molecule has 0 unspecified atom stereocenters. The maximum atomic E-state index is 13.3. The van der Waals surface area contributed by atoms with Crippen molar-refractivity contribution in [1.82, 2.24) is 5.32 Å². The molecular formula is C24H20Cl2N2O2.